The molecule has 0 saturated carbocycles. The topological polar surface area (TPSA) is 83.6 Å². The van der Waals surface area contributed by atoms with E-state index in [4.69, 9.17) is 10.8 Å². The van der Waals surface area contributed by atoms with E-state index >= 15 is 0 Å². The molecule has 3 unspecified atom stereocenters. The van der Waals surface area contributed by atoms with Crippen LogP contribution in [0.2, 0.25) is 0 Å². The average molecular weight is 282 g/mol. The highest BCUT2D eigenvalue weighted by molar-refractivity contribution is 5.82. The highest BCUT2D eigenvalue weighted by Crippen LogP contribution is 2.45. The Hall–Kier alpha value is -1.31. The van der Waals surface area contributed by atoms with Gasteiger partial charge in [-0.2, -0.15) is 13.2 Å². The van der Waals surface area contributed by atoms with Crippen molar-refractivity contribution in [2.45, 2.75) is 32.5 Å². The molecule has 8 heteroatoms. The summed E-state index contributed by atoms with van der Waals surface area (Å²) in [5, 5.41) is 8.86. The van der Waals surface area contributed by atoms with Gasteiger partial charge in [-0.15, -0.1) is 0 Å². The summed E-state index contributed by atoms with van der Waals surface area (Å²) in [6, 6.07) is -0.502. The molecular weight excluding hydrogens is 265 g/mol. The smallest absolute Gasteiger partial charge is 0.406 e. The molecule has 0 aromatic heterocycles. The number of alkyl halides is 3. The third-order valence-electron chi connectivity index (χ3n) is 3.71. The lowest BCUT2D eigenvalue weighted by Gasteiger charge is -2.28. The zero-order chi connectivity index (χ0) is 15.0. The lowest BCUT2D eigenvalue weighted by atomic mass is 9.86. The minimum Gasteiger partial charge on any atom is -0.481 e. The van der Waals surface area contributed by atoms with Crippen molar-refractivity contribution in [3.8, 4) is 0 Å². The van der Waals surface area contributed by atoms with Crippen molar-refractivity contribution < 1.29 is 27.9 Å². The first-order valence-electron chi connectivity index (χ1n) is 5.87. The lowest BCUT2D eigenvalue weighted by Crippen LogP contribution is -2.49. The van der Waals surface area contributed by atoms with Crippen molar-refractivity contribution in [1.29, 1.82) is 0 Å². The van der Waals surface area contributed by atoms with Crippen LogP contribution in [0.1, 0.15) is 20.3 Å². The number of carbonyl (C=O) groups excluding carboxylic acids is 1. The number of likely N-dealkylation sites (tertiary alicyclic amines) is 1. The summed E-state index contributed by atoms with van der Waals surface area (Å²) in [6.45, 7) is 2.03. The number of hydrogen-bond acceptors (Lipinski definition) is 3. The van der Waals surface area contributed by atoms with Gasteiger partial charge in [-0.1, -0.05) is 6.92 Å². The zero-order valence-corrected chi connectivity index (χ0v) is 10.7. The van der Waals surface area contributed by atoms with Gasteiger partial charge in [0.2, 0.25) is 5.91 Å². The van der Waals surface area contributed by atoms with Gasteiger partial charge < -0.3 is 15.7 Å². The van der Waals surface area contributed by atoms with Crippen LogP contribution in [-0.4, -0.2) is 47.2 Å². The maximum Gasteiger partial charge on any atom is 0.406 e. The van der Waals surface area contributed by atoms with Crippen LogP contribution in [0.15, 0.2) is 0 Å². The van der Waals surface area contributed by atoms with Crippen molar-refractivity contribution in [2.75, 3.05) is 13.1 Å². The van der Waals surface area contributed by atoms with Crippen molar-refractivity contribution >= 4 is 11.9 Å². The number of halogens is 3. The summed E-state index contributed by atoms with van der Waals surface area (Å²) < 4.78 is 38.8. The van der Waals surface area contributed by atoms with Crippen LogP contribution in [0.25, 0.3) is 0 Å². The van der Waals surface area contributed by atoms with Crippen LogP contribution in [0.4, 0.5) is 13.2 Å². The third-order valence-corrected chi connectivity index (χ3v) is 3.71. The Morgan fingerprint density at radius 2 is 1.89 bits per heavy atom. The number of aliphatic carboxylic acids is 1. The number of hydrogen-bond donors (Lipinski definition) is 2. The number of carbonyl (C=O) groups is 2. The maximum atomic E-state index is 12.9. The Kier molecular flexibility index (Phi) is 4.14. The van der Waals surface area contributed by atoms with Gasteiger partial charge >= 0.3 is 12.1 Å². The van der Waals surface area contributed by atoms with Crippen LogP contribution in [0, 0.1) is 11.3 Å². The molecule has 110 valence electrons. The van der Waals surface area contributed by atoms with Crippen molar-refractivity contribution in [1.82, 2.24) is 4.90 Å². The Morgan fingerprint density at radius 3 is 2.21 bits per heavy atom. The van der Waals surface area contributed by atoms with Crippen LogP contribution in [0.5, 0.6) is 0 Å². The van der Waals surface area contributed by atoms with Crippen LogP contribution in [0.3, 0.4) is 0 Å². The van der Waals surface area contributed by atoms with Gasteiger partial charge in [0.15, 0.2) is 5.41 Å². The fourth-order valence-electron chi connectivity index (χ4n) is 2.04. The molecule has 5 nitrogen and oxygen atoms in total. The second-order valence-corrected chi connectivity index (χ2v) is 5.04. The molecule has 0 bridgehead atoms. The summed E-state index contributed by atoms with van der Waals surface area (Å²) in [7, 11) is 0. The Labute approximate surface area is 108 Å². The fourth-order valence-corrected chi connectivity index (χ4v) is 2.04. The van der Waals surface area contributed by atoms with Crippen molar-refractivity contribution in [3.05, 3.63) is 0 Å². The molecule has 0 spiro atoms. The van der Waals surface area contributed by atoms with E-state index < -0.39 is 48.4 Å². The Balaban J connectivity index is 2.93. The SMILES string of the molecule is CC(N)C(C)C(=O)N1CCC(C(=O)O)(C(F)(F)F)C1. The molecule has 3 atom stereocenters. The summed E-state index contributed by atoms with van der Waals surface area (Å²) in [4.78, 5) is 23.8. The van der Waals surface area contributed by atoms with Gasteiger partial charge in [0.25, 0.3) is 0 Å². The molecule has 1 aliphatic rings. The molecule has 0 aliphatic carbocycles. The van der Waals surface area contributed by atoms with E-state index in [2.05, 4.69) is 0 Å². The van der Waals surface area contributed by atoms with E-state index in [1.165, 1.54) is 6.92 Å². The van der Waals surface area contributed by atoms with E-state index in [0.717, 1.165) is 4.90 Å². The number of amides is 1. The van der Waals surface area contributed by atoms with Gasteiger partial charge in [-0.25, -0.2) is 0 Å². The van der Waals surface area contributed by atoms with Crippen molar-refractivity contribution in [2.24, 2.45) is 17.1 Å². The molecule has 0 aromatic carbocycles. The normalized spacial score (nSPS) is 27.2. The largest absolute Gasteiger partial charge is 0.481 e. The van der Waals surface area contributed by atoms with E-state index in [1.54, 1.807) is 6.92 Å². The number of carboxylic acid groups (broad SMARTS) is 1. The van der Waals surface area contributed by atoms with Gasteiger partial charge in [-0.3, -0.25) is 9.59 Å². The molecular formula is C11H17F3N2O3. The first-order chi connectivity index (χ1) is 8.53. The number of nitrogens with zero attached hydrogens (tertiary/aromatic N) is 1. The molecule has 0 radical (unpaired) electrons. The second kappa shape index (κ2) is 4.99. The summed E-state index contributed by atoms with van der Waals surface area (Å²) in [5.41, 5.74) is 2.67. The number of carboxylic acids is 1. The summed E-state index contributed by atoms with van der Waals surface area (Å²) >= 11 is 0. The maximum absolute atomic E-state index is 12.9. The zero-order valence-electron chi connectivity index (χ0n) is 10.7. The summed E-state index contributed by atoms with van der Waals surface area (Å²) in [5.74, 6) is -3.12. The quantitative estimate of drug-likeness (QED) is 0.803. The number of nitrogens with two attached hydrogens (primary N) is 1. The minimum atomic E-state index is -4.88. The Bertz CT molecular complexity index is 384. The van der Waals surface area contributed by atoms with E-state index in [-0.39, 0.29) is 6.54 Å². The highest BCUT2D eigenvalue weighted by Gasteiger charge is 2.64. The number of rotatable bonds is 3. The standard InChI is InChI=1S/C11H17F3N2O3/c1-6(7(2)15)8(17)16-4-3-10(5-16,9(18)19)11(12,13)14/h6-7H,3-5,15H2,1-2H3,(H,18,19). The first-order valence-corrected chi connectivity index (χ1v) is 5.87. The van der Waals surface area contributed by atoms with Gasteiger partial charge in [0.1, 0.15) is 0 Å². The van der Waals surface area contributed by atoms with E-state index in [0.29, 0.717) is 0 Å². The highest BCUT2D eigenvalue weighted by atomic mass is 19.4. The average Bonchev–Trinajstić information content (AvgIpc) is 2.72. The molecule has 0 aromatic rings. The van der Waals surface area contributed by atoms with Crippen molar-refractivity contribution in [3.63, 3.8) is 0 Å². The van der Waals surface area contributed by atoms with E-state index in [1.807, 2.05) is 0 Å². The molecule has 1 heterocycles. The lowest BCUT2D eigenvalue weighted by molar-refractivity contribution is -0.227. The second-order valence-electron chi connectivity index (χ2n) is 5.04. The van der Waals surface area contributed by atoms with E-state index in [9.17, 15) is 22.8 Å². The minimum absolute atomic E-state index is 0.221. The molecule has 3 N–H and O–H groups in total. The first kappa shape index (κ1) is 15.7. The molecule has 19 heavy (non-hydrogen) atoms. The van der Waals surface area contributed by atoms with Crippen LogP contribution >= 0.6 is 0 Å². The predicted molar refractivity (Wildman–Crippen MR) is 60.1 cm³/mol. The Morgan fingerprint density at radius 1 is 1.37 bits per heavy atom. The van der Waals surface area contributed by atoms with Crippen LogP contribution in [-0.2, 0) is 9.59 Å². The molecule has 1 aliphatic heterocycles. The monoisotopic (exact) mass is 282 g/mol. The molecule has 1 saturated heterocycles. The fraction of sp³-hybridized carbons (Fsp3) is 0.818. The molecule has 1 fully saturated rings. The molecule has 1 amide bonds. The van der Waals surface area contributed by atoms with Gasteiger partial charge in [0, 0.05) is 19.1 Å². The van der Waals surface area contributed by atoms with Gasteiger partial charge in [-0.05, 0) is 13.3 Å². The molecule has 1 rings (SSSR count). The summed E-state index contributed by atoms with van der Waals surface area (Å²) in [6.07, 6.45) is -5.51. The third kappa shape index (κ3) is 2.68. The van der Waals surface area contributed by atoms with Crippen LogP contribution < -0.4 is 5.73 Å². The predicted octanol–water partition coefficient (Wildman–Crippen LogP) is 0.835. The van der Waals surface area contributed by atoms with Gasteiger partial charge in [0.05, 0.1) is 5.92 Å².